The van der Waals surface area contributed by atoms with E-state index in [-0.39, 0.29) is 17.6 Å². The molecule has 8 nitrogen and oxygen atoms in total. The molecule has 1 spiro atoms. The molecular formula is C21H32F3N3O5. The zero-order valence-electron chi connectivity index (χ0n) is 18.9. The van der Waals surface area contributed by atoms with E-state index in [1.165, 1.54) is 0 Å². The van der Waals surface area contributed by atoms with Crippen molar-refractivity contribution in [3.63, 3.8) is 0 Å². The van der Waals surface area contributed by atoms with Crippen LogP contribution in [0.2, 0.25) is 0 Å². The van der Waals surface area contributed by atoms with Crippen molar-refractivity contribution in [2.24, 2.45) is 7.05 Å². The molecule has 0 saturated carbocycles. The summed E-state index contributed by atoms with van der Waals surface area (Å²) < 4.78 is 45.9. The predicted molar refractivity (Wildman–Crippen MR) is 110 cm³/mol. The maximum Gasteiger partial charge on any atom is 0.490 e. The summed E-state index contributed by atoms with van der Waals surface area (Å²) in [5.74, 6) is -2.70. The van der Waals surface area contributed by atoms with E-state index in [4.69, 9.17) is 19.4 Å². The fourth-order valence-corrected chi connectivity index (χ4v) is 3.70. The Balaban J connectivity index is 0.000000451. The minimum Gasteiger partial charge on any atom is -0.475 e. The molecule has 0 aromatic carbocycles. The van der Waals surface area contributed by atoms with Crippen LogP contribution in [0.15, 0.2) is 18.3 Å². The Bertz CT molecular complexity index is 783. The highest BCUT2D eigenvalue weighted by atomic mass is 19.4. The Morgan fingerprint density at radius 3 is 2.56 bits per heavy atom. The molecule has 2 aliphatic heterocycles. The molecule has 0 radical (unpaired) electrons. The molecule has 2 saturated heterocycles. The van der Waals surface area contributed by atoms with E-state index in [2.05, 4.69) is 25.8 Å². The number of carboxylic acid groups (broad SMARTS) is 1. The monoisotopic (exact) mass is 463 g/mol. The Kier molecular flexibility index (Phi) is 8.72. The zero-order chi connectivity index (χ0) is 24.1. The van der Waals surface area contributed by atoms with Gasteiger partial charge in [0, 0.05) is 32.4 Å². The van der Waals surface area contributed by atoms with E-state index >= 15 is 0 Å². The molecular weight excluding hydrogens is 431 g/mol. The van der Waals surface area contributed by atoms with Crippen LogP contribution in [0.3, 0.4) is 0 Å². The normalized spacial score (nSPS) is 23.9. The lowest BCUT2D eigenvalue weighted by Gasteiger charge is -2.33. The first-order valence-corrected chi connectivity index (χ1v) is 10.5. The smallest absolute Gasteiger partial charge is 0.475 e. The number of aromatic nitrogens is 1. The van der Waals surface area contributed by atoms with E-state index in [0.29, 0.717) is 38.0 Å². The quantitative estimate of drug-likeness (QED) is 0.738. The van der Waals surface area contributed by atoms with Crippen molar-refractivity contribution in [2.45, 2.75) is 50.6 Å². The number of rotatable bonds is 4. The first-order valence-electron chi connectivity index (χ1n) is 10.5. The minimum atomic E-state index is -5.08. The van der Waals surface area contributed by atoms with Gasteiger partial charge in [0.25, 0.3) is 5.91 Å². The molecule has 2 unspecified atom stereocenters. The largest absolute Gasteiger partial charge is 0.490 e. The number of hydrogen-bond acceptors (Lipinski definition) is 5. The highest BCUT2D eigenvalue weighted by molar-refractivity contribution is 5.92. The fraction of sp³-hybridized carbons (Fsp3) is 0.714. The molecule has 182 valence electrons. The van der Waals surface area contributed by atoms with E-state index in [1.807, 2.05) is 34.8 Å². The van der Waals surface area contributed by atoms with Crippen molar-refractivity contribution in [1.82, 2.24) is 14.4 Å². The van der Waals surface area contributed by atoms with Gasteiger partial charge in [-0.3, -0.25) is 4.79 Å². The van der Waals surface area contributed by atoms with Gasteiger partial charge in [-0.1, -0.05) is 0 Å². The van der Waals surface area contributed by atoms with Crippen molar-refractivity contribution in [3.8, 4) is 0 Å². The third-order valence-electron chi connectivity index (χ3n) is 5.75. The lowest BCUT2D eigenvalue weighted by atomic mass is 10.00. The van der Waals surface area contributed by atoms with E-state index in [1.54, 1.807) is 0 Å². The van der Waals surface area contributed by atoms with Gasteiger partial charge < -0.3 is 28.9 Å². The molecule has 2 fully saturated rings. The number of carbonyl (C=O) groups excluding carboxylic acids is 1. The average molecular weight is 463 g/mol. The number of nitrogens with zero attached hydrogens (tertiary/aromatic N) is 3. The van der Waals surface area contributed by atoms with Gasteiger partial charge in [0.2, 0.25) is 0 Å². The molecule has 1 N–H and O–H groups in total. The molecule has 2 aliphatic rings. The number of ether oxygens (including phenoxy) is 2. The average Bonchev–Trinajstić information content (AvgIpc) is 3.22. The Morgan fingerprint density at radius 2 is 2.03 bits per heavy atom. The Hall–Kier alpha value is -2.11. The number of aliphatic carboxylic acids is 1. The number of carbonyl (C=O) groups is 2. The molecule has 32 heavy (non-hydrogen) atoms. The van der Waals surface area contributed by atoms with Crippen molar-refractivity contribution in [1.29, 1.82) is 0 Å². The number of amides is 1. The highest BCUT2D eigenvalue weighted by Crippen LogP contribution is 2.34. The maximum atomic E-state index is 12.9. The van der Waals surface area contributed by atoms with Crippen LogP contribution in [0.5, 0.6) is 0 Å². The SMILES string of the molecule is CC(C)N(C)CC1CCC2(COCCN(C(=O)c3cccn3C)C2)O1.O=C(O)C(F)(F)F. The number of hydrogen-bond donors (Lipinski definition) is 1. The van der Waals surface area contributed by atoms with Gasteiger partial charge in [0.05, 0.1) is 25.9 Å². The maximum absolute atomic E-state index is 12.9. The van der Waals surface area contributed by atoms with Gasteiger partial charge in [-0.15, -0.1) is 0 Å². The number of halogens is 3. The van der Waals surface area contributed by atoms with Crippen LogP contribution >= 0.6 is 0 Å². The van der Waals surface area contributed by atoms with Gasteiger partial charge in [-0.2, -0.15) is 13.2 Å². The van der Waals surface area contributed by atoms with Gasteiger partial charge in [0.15, 0.2) is 0 Å². The summed E-state index contributed by atoms with van der Waals surface area (Å²) in [5, 5.41) is 7.12. The number of likely N-dealkylation sites (N-methyl/N-ethyl adjacent to an activating group) is 1. The summed E-state index contributed by atoms with van der Waals surface area (Å²) in [6.07, 6.45) is -1.00. The highest BCUT2D eigenvalue weighted by Gasteiger charge is 2.44. The topological polar surface area (TPSA) is 84.2 Å². The lowest BCUT2D eigenvalue weighted by molar-refractivity contribution is -0.192. The summed E-state index contributed by atoms with van der Waals surface area (Å²) >= 11 is 0. The van der Waals surface area contributed by atoms with Gasteiger partial charge in [-0.05, 0) is 45.9 Å². The minimum absolute atomic E-state index is 0.0590. The van der Waals surface area contributed by atoms with Crippen LogP contribution in [0.1, 0.15) is 37.2 Å². The second-order valence-electron chi connectivity index (χ2n) is 8.58. The van der Waals surface area contributed by atoms with Crippen LogP contribution in [0, 0.1) is 0 Å². The molecule has 11 heteroatoms. The van der Waals surface area contributed by atoms with Crippen molar-refractivity contribution >= 4 is 11.9 Å². The standard InChI is InChI=1S/C19H31N3O3.C2HF3O2/c1-15(2)21(4)12-16-7-8-19(25-16)13-22(10-11-24-14-19)18(23)17-6-5-9-20(17)3;3-2(4,5)1(6)7/h5-6,9,15-16H,7-8,10-14H2,1-4H3;(H,6,7). The Morgan fingerprint density at radius 1 is 1.38 bits per heavy atom. The molecule has 0 bridgehead atoms. The summed E-state index contributed by atoms with van der Waals surface area (Å²) in [6, 6.07) is 4.28. The second-order valence-corrected chi connectivity index (χ2v) is 8.58. The molecule has 1 aromatic rings. The van der Waals surface area contributed by atoms with E-state index in [9.17, 15) is 18.0 Å². The first-order chi connectivity index (χ1) is 14.8. The number of alkyl halides is 3. The first kappa shape index (κ1) is 26.1. The predicted octanol–water partition coefficient (Wildman–Crippen LogP) is 2.39. The lowest BCUT2D eigenvalue weighted by Crippen LogP contribution is -2.47. The third kappa shape index (κ3) is 6.94. The molecule has 2 atom stereocenters. The molecule has 3 rings (SSSR count). The van der Waals surface area contributed by atoms with Crippen LogP contribution in [-0.4, -0.2) is 95.2 Å². The van der Waals surface area contributed by atoms with Crippen LogP contribution in [0.4, 0.5) is 13.2 Å². The van der Waals surface area contributed by atoms with Crippen LogP contribution in [-0.2, 0) is 21.3 Å². The summed E-state index contributed by atoms with van der Waals surface area (Å²) in [4.78, 5) is 26.0. The van der Waals surface area contributed by atoms with Crippen molar-refractivity contribution in [3.05, 3.63) is 24.0 Å². The van der Waals surface area contributed by atoms with E-state index in [0.717, 1.165) is 19.4 Å². The van der Waals surface area contributed by atoms with Gasteiger partial charge in [-0.25, -0.2) is 4.79 Å². The molecule has 3 heterocycles. The second kappa shape index (κ2) is 10.7. The summed E-state index contributed by atoms with van der Waals surface area (Å²) in [6.45, 7) is 7.68. The van der Waals surface area contributed by atoms with Crippen LogP contribution in [0.25, 0.3) is 0 Å². The summed E-state index contributed by atoms with van der Waals surface area (Å²) in [5.41, 5.74) is 0.353. The number of aryl methyl sites for hydroxylation is 1. The van der Waals surface area contributed by atoms with E-state index < -0.39 is 12.1 Å². The summed E-state index contributed by atoms with van der Waals surface area (Å²) in [7, 11) is 4.04. The Labute approximate surface area is 185 Å². The zero-order valence-corrected chi connectivity index (χ0v) is 18.9. The van der Waals surface area contributed by atoms with Gasteiger partial charge >= 0.3 is 12.1 Å². The fourth-order valence-electron chi connectivity index (χ4n) is 3.70. The van der Waals surface area contributed by atoms with Crippen molar-refractivity contribution in [2.75, 3.05) is 39.9 Å². The molecule has 0 aliphatic carbocycles. The number of carboxylic acids is 1. The molecule has 1 aromatic heterocycles. The van der Waals surface area contributed by atoms with Gasteiger partial charge in [0.1, 0.15) is 11.3 Å². The van der Waals surface area contributed by atoms with Crippen molar-refractivity contribution < 1.29 is 37.3 Å². The third-order valence-corrected chi connectivity index (χ3v) is 5.75. The van der Waals surface area contributed by atoms with Crippen LogP contribution < -0.4 is 0 Å². The molecule has 1 amide bonds.